The molecule has 0 saturated carbocycles. The number of hydrogen-bond donors (Lipinski definition) is 7. The highest BCUT2D eigenvalue weighted by atomic mass is 16.6. The van der Waals surface area contributed by atoms with Crippen molar-refractivity contribution < 1.29 is 49.3 Å². The summed E-state index contributed by atoms with van der Waals surface area (Å²) in [6, 6.07) is 11.6. The van der Waals surface area contributed by atoms with Gasteiger partial charge in [0.15, 0.2) is 29.8 Å². The molecule has 6 unspecified atom stereocenters. The number of piperidine rings is 1. The van der Waals surface area contributed by atoms with E-state index in [0.717, 1.165) is 17.5 Å². The third-order valence-corrected chi connectivity index (χ3v) is 9.64. The van der Waals surface area contributed by atoms with Crippen molar-refractivity contribution in [3.63, 3.8) is 0 Å². The molecule has 2 aliphatic heterocycles. The third kappa shape index (κ3) is 9.04. The Labute approximate surface area is 285 Å². The monoisotopic (exact) mass is 681 g/mol. The van der Waals surface area contributed by atoms with Gasteiger partial charge in [-0.1, -0.05) is 6.07 Å². The van der Waals surface area contributed by atoms with E-state index in [0.29, 0.717) is 49.9 Å². The van der Waals surface area contributed by atoms with Crippen LogP contribution in [0.4, 0.5) is 5.82 Å². The molecular weight excluding hydrogens is 634 g/mol. The summed E-state index contributed by atoms with van der Waals surface area (Å²) >= 11 is 0. The summed E-state index contributed by atoms with van der Waals surface area (Å²) in [7, 11) is 1.44. The predicted molar refractivity (Wildman–Crippen MR) is 180 cm³/mol. The quantitative estimate of drug-likeness (QED) is 0.121. The Balaban J connectivity index is 1.34. The van der Waals surface area contributed by atoms with Crippen molar-refractivity contribution in [2.24, 2.45) is 5.41 Å². The molecule has 0 bridgehead atoms. The number of aliphatic hydroxyl groups is 2. The van der Waals surface area contributed by atoms with Crippen LogP contribution in [0.5, 0.6) is 28.7 Å². The summed E-state index contributed by atoms with van der Waals surface area (Å²) < 4.78 is 23.3. The van der Waals surface area contributed by atoms with Crippen LogP contribution in [0.25, 0.3) is 0 Å². The van der Waals surface area contributed by atoms with Crippen molar-refractivity contribution in [2.45, 2.75) is 88.7 Å². The number of carbonyl (C=O) groups is 1. The fourth-order valence-electron chi connectivity index (χ4n) is 7.15. The highest BCUT2D eigenvalue weighted by molar-refractivity contribution is 5.68. The normalized spacial score (nSPS) is 25.4. The topological polar surface area (TPSA) is 206 Å². The molecular formula is C36H47N3O10. The summed E-state index contributed by atoms with van der Waals surface area (Å²) in [5.41, 5.74) is 7.66. The number of nitrogens with two attached hydrogens (primary N) is 1. The predicted octanol–water partition coefficient (Wildman–Crippen LogP) is 3.85. The van der Waals surface area contributed by atoms with E-state index in [2.05, 4.69) is 17.2 Å². The van der Waals surface area contributed by atoms with Crippen LogP contribution in [-0.2, 0) is 22.4 Å². The zero-order chi connectivity index (χ0) is 35.1. The summed E-state index contributed by atoms with van der Waals surface area (Å²) in [6.07, 6.45) is 3.89. The molecule has 3 heterocycles. The largest absolute Gasteiger partial charge is 0.504 e. The van der Waals surface area contributed by atoms with Gasteiger partial charge in [-0.2, -0.15) is 0 Å². The van der Waals surface area contributed by atoms with Crippen molar-refractivity contribution in [3.05, 3.63) is 65.4 Å². The Morgan fingerprint density at radius 2 is 1.88 bits per heavy atom. The first-order chi connectivity index (χ1) is 23.5. The van der Waals surface area contributed by atoms with Gasteiger partial charge in [-0.3, -0.25) is 4.79 Å². The number of aliphatic carboxylic acids is 1. The Morgan fingerprint density at radius 3 is 2.61 bits per heavy atom. The molecule has 2 aromatic carbocycles. The minimum Gasteiger partial charge on any atom is -0.504 e. The number of phenols is 2. The number of rotatable bonds is 14. The first-order valence-electron chi connectivity index (χ1n) is 16.6. The van der Waals surface area contributed by atoms with Crippen molar-refractivity contribution >= 4 is 11.8 Å². The fourth-order valence-corrected chi connectivity index (χ4v) is 7.15. The maximum Gasteiger partial charge on any atom is 0.303 e. The average Bonchev–Trinajstić information content (AvgIpc) is 3.05. The van der Waals surface area contributed by atoms with Crippen molar-refractivity contribution in [1.82, 2.24) is 10.3 Å². The lowest BCUT2D eigenvalue weighted by Gasteiger charge is -2.46. The maximum absolute atomic E-state index is 12.2. The number of aromatic nitrogens is 1. The molecule has 2 fully saturated rings. The van der Waals surface area contributed by atoms with Gasteiger partial charge in [-0.15, -0.1) is 0 Å². The van der Waals surface area contributed by atoms with Crippen molar-refractivity contribution in [1.29, 1.82) is 0 Å². The second-order valence-electron chi connectivity index (χ2n) is 13.2. The van der Waals surface area contributed by atoms with Crippen LogP contribution in [0, 0.1) is 5.41 Å². The maximum atomic E-state index is 12.2. The van der Waals surface area contributed by atoms with E-state index in [-0.39, 0.29) is 60.0 Å². The number of nitrogens with zero attached hydrogens (tertiary/aromatic N) is 1. The summed E-state index contributed by atoms with van der Waals surface area (Å²) in [5, 5.41) is 54.5. The number of nitrogens with one attached hydrogen (secondary N) is 1. The molecule has 13 nitrogen and oxygen atoms in total. The van der Waals surface area contributed by atoms with Gasteiger partial charge >= 0.3 is 5.97 Å². The summed E-state index contributed by atoms with van der Waals surface area (Å²) in [4.78, 5) is 16.3. The van der Waals surface area contributed by atoms with Gasteiger partial charge in [0.2, 0.25) is 5.75 Å². The zero-order valence-electron chi connectivity index (χ0n) is 27.9. The van der Waals surface area contributed by atoms with Gasteiger partial charge in [-0.25, -0.2) is 4.98 Å². The van der Waals surface area contributed by atoms with Gasteiger partial charge in [0.05, 0.1) is 31.8 Å². The molecule has 0 aliphatic carbocycles. The Hall–Kier alpha value is -4.30. The molecule has 6 atom stereocenters. The minimum absolute atomic E-state index is 0.0678. The third-order valence-electron chi connectivity index (χ3n) is 9.64. The number of carboxylic acid groups (broad SMARTS) is 1. The van der Waals surface area contributed by atoms with Gasteiger partial charge in [0.1, 0.15) is 12.4 Å². The number of phenolic OH excluding ortho intramolecular Hbond substituents is 2. The fraction of sp³-hybridized carbons (Fsp3) is 0.500. The van der Waals surface area contributed by atoms with Crippen LogP contribution in [0.1, 0.15) is 68.2 Å². The van der Waals surface area contributed by atoms with Gasteiger partial charge in [0.25, 0.3) is 0 Å². The average molecular weight is 682 g/mol. The summed E-state index contributed by atoms with van der Waals surface area (Å²) in [6.45, 7) is 1.57. The number of benzene rings is 2. The lowest BCUT2D eigenvalue weighted by Crippen LogP contribution is -2.57. The lowest BCUT2D eigenvalue weighted by molar-refractivity contribution is -0.141. The van der Waals surface area contributed by atoms with E-state index >= 15 is 0 Å². The second-order valence-corrected chi connectivity index (χ2v) is 13.2. The van der Waals surface area contributed by atoms with E-state index < -0.39 is 30.4 Å². The number of pyridine rings is 1. The molecule has 8 N–H and O–H groups in total. The number of nitrogen functional groups attached to an aromatic ring is 1. The van der Waals surface area contributed by atoms with Crippen LogP contribution < -0.4 is 25.3 Å². The molecule has 3 aromatic rings. The van der Waals surface area contributed by atoms with Crippen LogP contribution in [0.3, 0.4) is 0 Å². The van der Waals surface area contributed by atoms with Gasteiger partial charge < -0.3 is 55.5 Å². The van der Waals surface area contributed by atoms with E-state index in [1.165, 1.54) is 13.2 Å². The highest BCUT2D eigenvalue weighted by Crippen LogP contribution is 2.45. The number of aryl methyl sites for hydroxylation is 1. The number of anilines is 1. The Kier molecular flexibility index (Phi) is 11.7. The molecule has 2 saturated heterocycles. The Bertz CT molecular complexity index is 1590. The Morgan fingerprint density at radius 1 is 1.08 bits per heavy atom. The number of ether oxygens (including phenoxy) is 4. The van der Waals surface area contributed by atoms with Gasteiger partial charge in [-0.05, 0) is 98.5 Å². The molecule has 0 radical (unpaired) electrons. The molecule has 13 heteroatoms. The first-order valence-corrected chi connectivity index (χ1v) is 16.6. The molecule has 266 valence electrons. The number of aliphatic hydroxyl groups excluding tert-OH is 2. The van der Waals surface area contributed by atoms with E-state index in [1.807, 2.05) is 6.07 Å². The van der Waals surface area contributed by atoms with E-state index in [1.54, 1.807) is 36.5 Å². The second kappa shape index (κ2) is 15.9. The van der Waals surface area contributed by atoms with Crippen molar-refractivity contribution in [2.75, 3.05) is 26.2 Å². The zero-order valence-corrected chi connectivity index (χ0v) is 27.9. The minimum atomic E-state index is -0.915. The standard InChI is InChI=1S/C36H47N3O10/c1-21-7-9-36(18-34(43)44,17-23-8-10-38-33(37)12-23)32(39-21)19-47-31-14-24(13-30(46-2)35(31)45)28-16-25(41)15-26(49-28)5-3-22-4-6-27(42)29(11-22)48-20-40/h4,6,8,10-14,21,25-26,28,32,39-42,45H,3,5,7,9,15-20H2,1-2H3,(H2,37,38)(H,43,44). The molecule has 2 aliphatic rings. The van der Waals surface area contributed by atoms with Crippen molar-refractivity contribution in [3.8, 4) is 28.7 Å². The number of methoxy groups -OCH3 is 1. The molecule has 5 rings (SSSR count). The van der Waals surface area contributed by atoms with Crippen LogP contribution in [0.15, 0.2) is 48.7 Å². The lowest BCUT2D eigenvalue weighted by atomic mass is 9.67. The molecule has 0 amide bonds. The van der Waals surface area contributed by atoms with E-state index in [4.69, 9.17) is 29.8 Å². The van der Waals surface area contributed by atoms with E-state index in [9.17, 15) is 25.2 Å². The molecule has 1 aromatic heterocycles. The first kappa shape index (κ1) is 36.0. The van der Waals surface area contributed by atoms with Gasteiger partial charge in [0, 0.05) is 30.1 Å². The smallest absolute Gasteiger partial charge is 0.303 e. The molecule has 49 heavy (non-hydrogen) atoms. The van der Waals surface area contributed by atoms with Crippen LogP contribution in [-0.4, -0.2) is 81.3 Å². The number of carboxylic acids is 1. The SMILES string of the molecule is COc1cc(C2CC(O)CC(CCc3ccc(O)c(OCO)c3)O2)cc(OCC2NC(C)CCC2(CC(=O)O)Cc2ccnc(N)c2)c1O. The summed E-state index contributed by atoms with van der Waals surface area (Å²) in [5.74, 6) is -0.284. The molecule has 0 spiro atoms. The van der Waals surface area contributed by atoms with Crippen LogP contribution in [0.2, 0.25) is 0 Å². The highest BCUT2D eigenvalue weighted by Gasteiger charge is 2.45. The number of hydrogen-bond acceptors (Lipinski definition) is 12. The van der Waals surface area contributed by atoms with Crippen LogP contribution >= 0.6 is 0 Å². The number of aromatic hydroxyl groups is 2.